The third-order valence-corrected chi connectivity index (χ3v) is 2.83. The average Bonchev–Trinajstić information content (AvgIpc) is 2.77. The fourth-order valence-electron chi connectivity index (χ4n) is 1.81. The van der Waals surface area contributed by atoms with Gasteiger partial charge < -0.3 is 16.0 Å². The second kappa shape index (κ2) is 6.22. The molecule has 0 spiro atoms. The SMILES string of the molecule is CC(CC(N)=O)C(=O)NCC(=O)N1CCCC1. The molecule has 0 aromatic rings. The zero-order valence-electron chi connectivity index (χ0n) is 10.1. The number of likely N-dealkylation sites (tertiary alicyclic amines) is 1. The Balaban J connectivity index is 2.27. The number of hydrogen-bond donors (Lipinski definition) is 2. The van der Waals surface area contributed by atoms with Crippen LogP contribution in [0.15, 0.2) is 0 Å². The molecule has 1 aliphatic rings. The van der Waals surface area contributed by atoms with E-state index in [1.54, 1.807) is 11.8 Å². The van der Waals surface area contributed by atoms with E-state index in [2.05, 4.69) is 5.32 Å². The van der Waals surface area contributed by atoms with Crippen LogP contribution in [0.5, 0.6) is 0 Å². The first-order valence-electron chi connectivity index (χ1n) is 5.84. The number of nitrogens with one attached hydrogen (secondary N) is 1. The lowest BCUT2D eigenvalue weighted by Gasteiger charge is -2.16. The third-order valence-electron chi connectivity index (χ3n) is 2.83. The van der Waals surface area contributed by atoms with Crippen molar-refractivity contribution in [1.29, 1.82) is 0 Å². The molecule has 1 heterocycles. The summed E-state index contributed by atoms with van der Waals surface area (Å²) in [5.74, 6) is -1.38. The highest BCUT2D eigenvalue weighted by atomic mass is 16.2. The van der Waals surface area contributed by atoms with Crippen LogP contribution in [-0.4, -0.2) is 42.3 Å². The first-order valence-corrected chi connectivity index (χ1v) is 5.84. The van der Waals surface area contributed by atoms with Crippen molar-refractivity contribution in [2.45, 2.75) is 26.2 Å². The van der Waals surface area contributed by atoms with Gasteiger partial charge >= 0.3 is 0 Å². The van der Waals surface area contributed by atoms with Crippen LogP contribution >= 0.6 is 0 Å². The Morgan fingerprint density at radius 3 is 2.41 bits per heavy atom. The number of nitrogens with zero attached hydrogens (tertiary/aromatic N) is 1. The molecular formula is C11H19N3O3. The summed E-state index contributed by atoms with van der Waals surface area (Å²) in [6.07, 6.45) is 2.05. The van der Waals surface area contributed by atoms with Crippen molar-refractivity contribution >= 4 is 17.7 Å². The molecular weight excluding hydrogens is 222 g/mol. The fourth-order valence-corrected chi connectivity index (χ4v) is 1.81. The minimum absolute atomic E-state index is 0.00192. The summed E-state index contributed by atoms with van der Waals surface area (Å²) >= 11 is 0. The summed E-state index contributed by atoms with van der Waals surface area (Å²) in [7, 11) is 0. The van der Waals surface area contributed by atoms with E-state index < -0.39 is 11.8 Å². The van der Waals surface area contributed by atoms with Crippen LogP contribution in [0.25, 0.3) is 0 Å². The van der Waals surface area contributed by atoms with Gasteiger partial charge in [-0.25, -0.2) is 0 Å². The largest absolute Gasteiger partial charge is 0.370 e. The molecule has 3 N–H and O–H groups in total. The van der Waals surface area contributed by atoms with Gasteiger partial charge in [-0.2, -0.15) is 0 Å². The number of nitrogens with two attached hydrogens (primary N) is 1. The van der Waals surface area contributed by atoms with E-state index in [9.17, 15) is 14.4 Å². The van der Waals surface area contributed by atoms with Gasteiger partial charge in [0.25, 0.3) is 0 Å². The summed E-state index contributed by atoms with van der Waals surface area (Å²) in [4.78, 5) is 35.5. The molecule has 0 aromatic heterocycles. The van der Waals surface area contributed by atoms with Crippen molar-refractivity contribution < 1.29 is 14.4 Å². The number of amides is 3. The monoisotopic (exact) mass is 241 g/mol. The molecule has 0 bridgehead atoms. The minimum Gasteiger partial charge on any atom is -0.370 e. The molecule has 0 saturated carbocycles. The molecule has 6 heteroatoms. The molecule has 1 fully saturated rings. The summed E-state index contributed by atoms with van der Waals surface area (Å²) < 4.78 is 0. The predicted octanol–water partition coefficient (Wildman–Crippen LogP) is -0.763. The second-order valence-electron chi connectivity index (χ2n) is 4.38. The van der Waals surface area contributed by atoms with E-state index in [1.807, 2.05) is 0 Å². The number of primary amides is 1. The first-order chi connectivity index (χ1) is 8.00. The summed E-state index contributed by atoms with van der Waals surface area (Å²) in [6, 6.07) is 0. The van der Waals surface area contributed by atoms with E-state index in [0.29, 0.717) is 0 Å². The van der Waals surface area contributed by atoms with Gasteiger partial charge in [0.05, 0.1) is 6.54 Å². The first kappa shape index (κ1) is 13.5. The molecule has 1 atom stereocenters. The Bertz CT molecular complexity index is 311. The van der Waals surface area contributed by atoms with Gasteiger partial charge in [0, 0.05) is 25.4 Å². The lowest BCUT2D eigenvalue weighted by molar-refractivity contribution is -0.133. The number of hydrogen-bond acceptors (Lipinski definition) is 3. The van der Waals surface area contributed by atoms with Gasteiger partial charge in [0.1, 0.15) is 0 Å². The van der Waals surface area contributed by atoms with E-state index in [-0.39, 0.29) is 24.8 Å². The van der Waals surface area contributed by atoms with E-state index in [1.165, 1.54) is 0 Å². The summed E-state index contributed by atoms with van der Waals surface area (Å²) in [6.45, 7) is 3.15. The van der Waals surface area contributed by atoms with Gasteiger partial charge in [0.15, 0.2) is 0 Å². The van der Waals surface area contributed by atoms with Crippen molar-refractivity contribution in [3.05, 3.63) is 0 Å². The van der Waals surface area contributed by atoms with Crippen LogP contribution in [-0.2, 0) is 14.4 Å². The van der Waals surface area contributed by atoms with Crippen molar-refractivity contribution in [2.75, 3.05) is 19.6 Å². The van der Waals surface area contributed by atoms with Gasteiger partial charge in [-0.15, -0.1) is 0 Å². The lowest BCUT2D eigenvalue weighted by atomic mass is 10.1. The van der Waals surface area contributed by atoms with Gasteiger partial charge in [-0.05, 0) is 12.8 Å². The van der Waals surface area contributed by atoms with E-state index >= 15 is 0 Å². The van der Waals surface area contributed by atoms with Crippen molar-refractivity contribution in [1.82, 2.24) is 10.2 Å². The molecule has 0 aromatic carbocycles. The highest BCUT2D eigenvalue weighted by Crippen LogP contribution is 2.07. The maximum absolute atomic E-state index is 11.6. The molecule has 0 radical (unpaired) electrons. The van der Waals surface area contributed by atoms with Crippen LogP contribution in [0.4, 0.5) is 0 Å². The molecule has 6 nitrogen and oxygen atoms in total. The molecule has 1 unspecified atom stereocenters. The van der Waals surface area contributed by atoms with Crippen LogP contribution < -0.4 is 11.1 Å². The lowest BCUT2D eigenvalue weighted by Crippen LogP contribution is -2.41. The van der Waals surface area contributed by atoms with Crippen LogP contribution in [0.1, 0.15) is 26.2 Å². The Labute approximate surface area is 101 Å². The zero-order valence-corrected chi connectivity index (χ0v) is 10.1. The average molecular weight is 241 g/mol. The Hall–Kier alpha value is -1.59. The standard InChI is InChI=1S/C11H19N3O3/c1-8(6-9(12)15)11(17)13-7-10(16)14-4-2-3-5-14/h8H,2-7H2,1H3,(H2,12,15)(H,13,17). The molecule has 1 saturated heterocycles. The Morgan fingerprint density at radius 2 is 1.88 bits per heavy atom. The van der Waals surface area contributed by atoms with Gasteiger partial charge in [-0.1, -0.05) is 6.92 Å². The third kappa shape index (κ3) is 4.42. The normalized spacial score (nSPS) is 16.6. The zero-order chi connectivity index (χ0) is 12.8. The van der Waals surface area contributed by atoms with Crippen molar-refractivity contribution in [2.24, 2.45) is 11.7 Å². The topological polar surface area (TPSA) is 92.5 Å². The molecule has 17 heavy (non-hydrogen) atoms. The summed E-state index contributed by atoms with van der Waals surface area (Å²) in [5.41, 5.74) is 4.99. The van der Waals surface area contributed by atoms with Gasteiger partial charge in [0.2, 0.25) is 17.7 Å². The van der Waals surface area contributed by atoms with Crippen LogP contribution in [0.2, 0.25) is 0 Å². The molecule has 1 aliphatic heterocycles. The maximum atomic E-state index is 11.6. The van der Waals surface area contributed by atoms with Crippen molar-refractivity contribution in [3.8, 4) is 0 Å². The quantitative estimate of drug-likeness (QED) is 0.662. The molecule has 1 rings (SSSR count). The van der Waals surface area contributed by atoms with Gasteiger partial charge in [-0.3, -0.25) is 14.4 Å². The number of rotatable bonds is 5. The van der Waals surface area contributed by atoms with Crippen LogP contribution in [0.3, 0.4) is 0 Å². The van der Waals surface area contributed by atoms with E-state index in [4.69, 9.17) is 5.73 Å². The Kier molecular flexibility index (Phi) is 4.93. The Morgan fingerprint density at radius 1 is 1.29 bits per heavy atom. The highest BCUT2D eigenvalue weighted by Gasteiger charge is 2.20. The fraction of sp³-hybridized carbons (Fsp3) is 0.727. The highest BCUT2D eigenvalue weighted by molar-refractivity contribution is 5.88. The van der Waals surface area contributed by atoms with E-state index in [0.717, 1.165) is 25.9 Å². The number of carbonyl (C=O) groups excluding carboxylic acids is 3. The number of carbonyl (C=O) groups is 3. The second-order valence-corrected chi connectivity index (χ2v) is 4.38. The maximum Gasteiger partial charge on any atom is 0.241 e. The van der Waals surface area contributed by atoms with Crippen LogP contribution in [0, 0.1) is 5.92 Å². The molecule has 3 amide bonds. The smallest absolute Gasteiger partial charge is 0.241 e. The summed E-state index contributed by atoms with van der Waals surface area (Å²) in [5, 5.41) is 2.53. The molecule has 0 aliphatic carbocycles. The minimum atomic E-state index is -0.515. The van der Waals surface area contributed by atoms with Crippen molar-refractivity contribution in [3.63, 3.8) is 0 Å². The molecule has 96 valence electrons. The predicted molar refractivity (Wildman–Crippen MR) is 61.8 cm³/mol.